The molecule has 1 aromatic heterocycles. The molecule has 1 heterocycles. The summed E-state index contributed by atoms with van der Waals surface area (Å²) in [6, 6.07) is 8.36. The third kappa shape index (κ3) is 3.29. The lowest BCUT2D eigenvalue weighted by Gasteiger charge is -2.04. The summed E-state index contributed by atoms with van der Waals surface area (Å²) in [5, 5.41) is 13.9. The minimum atomic E-state index is -0.402. The van der Waals surface area contributed by atoms with E-state index in [-0.39, 0.29) is 0 Å². The average molecular weight is 342 g/mol. The van der Waals surface area contributed by atoms with Gasteiger partial charge >= 0.3 is 0 Å². The molecule has 0 aliphatic rings. The van der Waals surface area contributed by atoms with Gasteiger partial charge in [-0.25, -0.2) is 0 Å². The van der Waals surface area contributed by atoms with E-state index in [2.05, 4.69) is 52.0 Å². The molecule has 2 aromatic rings. The number of rotatable bonds is 4. The highest BCUT2D eigenvalue weighted by molar-refractivity contribution is 14.1. The maximum absolute atomic E-state index is 9.69. The van der Waals surface area contributed by atoms with Gasteiger partial charge in [-0.3, -0.25) is 4.68 Å². The Morgan fingerprint density at radius 1 is 1.35 bits per heavy atom. The van der Waals surface area contributed by atoms with Crippen LogP contribution in [0.3, 0.4) is 0 Å². The van der Waals surface area contributed by atoms with Crippen molar-refractivity contribution in [1.82, 2.24) is 9.78 Å². The highest BCUT2D eigenvalue weighted by Gasteiger charge is 2.07. The number of hydrogen-bond donors (Lipinski definition) is 1. The Hall–Kier alpha value is -0.880. The predicted octanol–water partition coefficient (Wildman–Crippen LogP) is 2.98. The quantitative estimate of drug-likeness (QED) is 0.868. The summed E-state index contributed by atoms with van der Waals surface area (Å²) in [4.78, 5) is 0. The van der Waals surface area contributed by atoms with Crippen LogP contribution in [0.2, 0.25) is 0 Å². The molecule has 17 heavy (non-hydrogen) atoms. The first-order valence-electron chi connectivity index (χ1n) is 5.64. The second kappa shape index (κ2) is 5.64. The molecule has 0 spiro atoms. The minimum Gasteiger partial charge on any atom is -0.388 e. The molecular weight excluding hydrogens is 327 g/mol. The van der Waals surface area contributed by atoms with Crippen molar-refractivity contribution in [3.63, 3.8) is 0 Å². The van der Waals surface area contributed by atoms with Gasteiger partial charge in [-0.05, 0) is 46.7 Å². The fourth-order valence-electron chi connectivity index (χ4n) is 1.65. The molecule has 1 atom stereocenters. The fourth-order valence-corrected chi connectivity index (χ4v) is 2.01. The number of nitrogens with zero attached hydrogens (tertiary/aromatic N) is 2. The lowest BCUT2D eigenvalue weighted by molar-refractivity contribution is 0.173. The van der Waals surface area contributed by atoms with Crippen LogP contribution in [-0.2, 0) is 6.54 Å². The van der Waals surface area contributed by atoms with Crippen molar-refractivity contribution in [2.75, 3.05) is 0 Å². The molecule has 0 saturated heterocycles. The van der Waals surface area contributed by atoms with Crippen LogP contribution in [0.15, 0.2) is 36.7 Å². The lowest BCUT2D eigenvalue weighted by atomic mass is 10.1. The van der Waals surface area contributed by atoms with Crippen molar-refractivity contribution in [2.24, 2.45) is 0 Å². The van der Waals surface area contributed by atoms with Crippen molar-refractivity contribution in [3.05, 3.63) is 51.4 Å². The Balaban J connectivity index is 2.08. The van der Waals surface area contributed by atoms with Crippen molar-refractivity contribution >= 4 is 22.6 Å². The molecule has 0 saturated carbocycles. The summed E-state index contributed by atoms with van der Waals surface area (Å²) in [5.74, 6) is 0. The Bertz CT molecular complexity index is 478. The van der Waals surface area contributed by atoms with Crippen molar-refractivity contribution in [3.8, 4) is 0 Å². The van der Waals surface area contributed by atoms with E-state index in [1.165, 1.54) is 9.13 Å². The topological polar surface area (TPSA) is 38.1 Å². The summed E-state index contributed by atoms with van der Waals surface area (Å²) in [5.41, 5.74) is 2.10. The van der Waals surface area contributed by atoms with Gasteiger partial charge in [0.05, 0.1) is 18.8 Å². The van der Waals surface area contributed by atoms with E-state index in [4.69, 9.17) is 0 Å². The number of aliphatic hydroxyl groups is 1. The maximum atomic E-state index is 9.69. The molecule has 4 heteroatoms. The summed E-state index contributed by atoms with van der Waals surface area (Å²) in [6.07, 6.45) is 3.96. The van der Waals surface area contributed by atoms with Crippen LogP contribution in [-0.4, -0.2) is 14.9 Å². The predicted molar refractivity (Wildman–Crippen MR) is 75.7 cm³/mol. The van der Waals surface area contributed by atoms with Crippen LogP contribution in [0, 0.1) is 3.57 Å². The largest absolute Gasteiger partial charge is 0.388 e. The van der Waals surface area contributed by atoms with Crippen LogP contribution < -0.4 is 0 Å². The summed E-state index contributed by atoms with van der Waals surface area (Å²) < 4.78 is 3.09. The zero-order valence-electron chi connectivity index (χ0n) is 9.68. The first-order chi connectivity index (χ1) is 8.19. The zero-order chi connectivity index (χ0) is 12.3. The molecule has 2 rings (SSSR count). The van der Waals surface area contributed by atoms with Crippen LogP contribution in [0.1, 0.15) is 30.6 Å². The van der Waals surface area contributed by atoms with Crippen LogP contribution in [0.4, 0.5) is 0 Å². The minimum absolute atomic E-state index is 0.402. The molecule has 90 valence electrons. The molecule has 1 aromatic carbocycles. The van der Waals surface area contributed by atoms with E-state index >= 15 is 0 Å². The third-order valence-electron chi connectivity index (χ3n) is 2.68. The molecule has 0 bridgehead atoms. The molecule has 0 aliphatic carbocycles. The Kier molecular flexibility index (Phi) is 4.17. The molecule has 3 nitrogen and oxygen atoms in total. The molecule has 1 N–H and O–H groups in total. The Morgan fingerprint density at radius 2 is 2.06 bits per heavy atom. The number of benzene rings is 1. The van der Waals surface area contributed by atoms with Crippen molar-refractivity contribution < 1.29 is 5.11 Å². The second-order valence-electron chi connectivity index (χ2n) is 4.02. The zero-order valence-corrected chi connectivity index (χ0v) is 11.8. The van der Waals surface area contributed by atoms with Gasteiger partial charge in [0.1, 0.15) is 0 Å². The van der Waals surface area contributed by atoms with E-state index in [0.717, 1.165) is 18.5 Å². The number of aliphatic hydroxyl groups excluding tert-OH is 1. The maximum Gasteiger partial charge on any atom is 0.0817 e. The number of hydrogen-bond acceptors (Lipinski definition) is 2. The van der Waals surface area contributed by atoms with E-state index < -0.39 is 6.10 Å². The van der Waals surface area contributed by atoms with E-state index in [0.29, 0.717) is 0 Å². The molecular formula is C13H15IN2O. The summed E-state index contributed by atoms with van der Waals surface area (Å²) in [7, 11) is 0. The van der Waals surface area contributed by atoms with Gasteiger partial charge in [-0.15, -0.1) is 0 Å². The summed E-state index contributed by atoms with van der Waals surface area (Å²) >= 11 is 2.29. The lowest BCUT2D eigenvalue weighted by Crippen LogP contribution is -2.00. The standard InChI is InChI=1S/C13H15IN2O/c1-2-13(17)11-7-15-16(9-11)8-10-3-5-12(14)6-4-10/h3-7,9,13,17H,2,8H2,1H3. The number of aromatic nitrogens is 2. The van der Waals surface area contributed by atoms with Gasteiger partial charge in [0.25, 0.3) is 0 Å². The van der Waals surface area contributed by atoms with Gasteiger partial charge < -0.3 is 5.11 Å². The molecule has 1 unspecified atom stereocenters. The Morgan fingerprint density at radius 3 is 2.71 bits per heavy atom. The Labute approximate surface area is 115 Å². The van der Waals surface area contributed by atoms with Crippen molar-refractivity contribution in [1.29, 1.82) is 0 Å². The van der Waals surface area contributed by atoms with Gasteiger partial charge in [-0.1, -0.05) is 19.1 Å². The van der Waals surface area contributed by atoms with E-state index in [1.807, 2.05) is 17.8 Å². The summed E-state index contributed by atoms with van der Waals surface area (Å²) in [6.45, 7) is 2.70. The molecule has 0 fully saturated rings. The highest BCUT2D eigenvalue weighted by Crippen LogP contribution is 2.15. The normalized spacial score (nSPS) is 12.6. The van der Waals surface area contributed by atoms with Crippen molar-refractivity contribution in [2.45, 2.75) is 26.0 Å². The van der Waals surface area contributed by atoms with Gasteiger partial charge in [0.2, 0.25) is 0 Å². The third-order valence-corrected chi connectivity index (χ3v) is 3.40. The smallest absolute Gasteiger partial charge is 0.0817 e. The van der Waals surface area contributed by atoms with Gasteiger partial charge in [0.15, 0.2) is 0 Å². The van der Waals surface area contributed by atoms with E-state index in [9.17, 15) is 5.11 Å². The second-order valence-corrected chi connectivity index (χ2v) is 5.27. The molecule has 0 aliphatic heterocycles. The monoisotopic (exact) mass is 342 g/mol. The molecule has 0 radical (unpaired) electrons. The average Bonchev–Trinajstić information content (AvgIpc) is 2.80. The van der Waals surface area contributed by atoms with Gasteiger partial charge in [0, 0.05) is 15.3 Å². The number of halogens is 1. The van der Waals surface area contributed by atoms with Crippen LogP contribution in [0.25, 0.3) is 0 Å². The van der Waals surface area contributed by atoms with E-state index in [1.54, 1.807) is 6.20 Å². The van der Waals surface area contributed by atoms with Crippen LogP contribution in [0.5, 0.6) is 0 Å². The van der Waals surface area contributed by atoms with Gasteiger partial charge in [-0.2, -0.15) is 5.10 Å². The fraction of sp³-hybridized carbons (Fsp3) is 0.308. The highest BCUT2D eigenvalue weighted by atomic mass is 127. The molecule has 0 amide bonds. The first kappa shape index (κ1) is 12.6. The van der Waals surface area contributed by atoms with Crippen LogP contribution >= 0.6 is 22.6 Å². The first-order valence-corrected chi connectivity index (χ1v) is 6.71. The SMILES string of the molecule is CCC(O)c1cnn(Cc2ccc(I)cc2)c1.